The smallest absolute Gasteiger partial charge is 0.171 e. The molecule has 0 radical (unpaired) electrons. The van der Waals surface area contributed by atoms with Gasteiger partial charge in [0.2, 0.25) is 0 Å². The van der Waals surface area contributed by atoms with E-state index >= 15 is 0 Å². The molecule has 2 saturated heterocycles. The molecule has 0 aromatic heterocycles. The molecule has 28 heavy (non-hydrogen) atoms. The molecule has 2 fully saturated rings. The van der Waals surface area contributed by atoms with Crippen LogP contribution in [0.1, 0.15) is 40.5 Å². The summed E-state index contributed by atoms with van der Waals surface area (Å²) in [6.07, 6.45) is 0.0859. The summed E-state index contributed by atoms with van der Waals surface area (Å²) in [4.78, 5) is 39.5. The molecule has 3 aromatic rings. The third-order valence-corrected chi connectivity index (χ3v) is 6.95. The fraction of sp³-hybridized carbons (Fsp3) is 0.292. The minimum atomic E-state index is -0.777. The largest absolute Gasteiger partial charge is 0.363 e. The molecule has 6 rings (SSSR count). The molecule has 2 heterocycles. The van der Waals surface area contributed by atoms with Gasteiger partial charge in [0.15, 0.2) is 17.3 Å². The molecule has 4 atom stereocenters. The Labute approximate surface area is 161 Å². The number of ketones is 3. The molecule has 0 spiro atoms. The van der Waals surface area contributed by atoms with Crippen LogP contribution in [0.25, 0.3) is 21.5 Å². The van der Waals surface area contributed by atoms with Crippen LogP contribution in [0.15, 0.2) is 48.5 Å². The zero-order valence-electron chi connectivity index (χ0n) is 15.4. The average molecular weight is 370 g/mol. The van der Waals surface area contributed by atoms with E-state index < -0.39 is 23.5 Å². The number of hydrogen-bond acceptors (Lipinski definition) is 4. The molecule has 138 valence electrons. The van der Waals surface area contributed by atoms with Gasteiger partial charge in [-0.1, -0.05) is 48.5 Å². The van der Waals surface area contributed by atoms with Crippen molar-refractivity contribution in [2.75, 3.05) is 0 Å². The number of hydrogen-bond donors (Lipinski definition) is 0. The Balaban J connectivity index is 1.66. The Kier molecular flexibility index (Phi) is 2.97. The van der Waals surface area contributed by atoms with Gasteiger partial charge in [-0.05, 0) is 34.9 Å². The number of rotatable bonds is 0. The van der Waals surface area contributed by atoms with Gasteiger partial charge in [0.25, 0.3) is 0 Å². The van der Waals surface area contributed by atoms with Crippen molar-refractivity contribution < 1.29 is 19.1 Å². The van der Waals surface area contributed by atoms with E-state index in [0.717, 1.165) is 21.5 Å². The molecule has 0 amide bonds. The van der Waals surface area contributed by atoms with E-state index in [9.17, 15) is 14.4 Å². The van der Waals surface area contributed by atoms with Gasteiger partial charge in [-0.2, -0.15) is 0 Å². The maximum Gasteiger partial charge on any atom is 0.171 e. The highest BCUT2D eigenvalue weighted by Gasteiger charge is 2.64. The molecule has 4 nitrogen and oxygen atoms in total. The van der Waals surface area contributed by atoms with E-state index in [1.165, 1.54) is 0 Å². The molecule has 4 heteroatoms. The van der Waals surface area contributed by atoms with E-state index in [1.54, 1.807) is 6.07 Å². The Morgan fingerprint density at radius 1 is 0.893 bits per heavy atom. The van der Waals surface area contributed by atoms with Crippen LogP contribution in [0, 0.1) is 11.8 Å². The summed E-state index contributed by atoms with van der Waals surface area (Å²) in [5, 5.41) is 3.94. The SMILES string of the molecule is CC12CCC(=O)C(O1)C1C(=O)c3ccc4c(ccc5ccccc54)c3C(=O)C12. The number of carbonyl (C=O) groups is 3. The lowest BCUT2D eigenvalue weighted by Crippen LogP contribution is -2.44. The first kappa shape index (κ1) is 16.1. The van der Waals surface area contributed by atoms with Crippen LogP contribution >= 0.6 is 0 Å². The lowest BCUT2D eigenvalue weighted by Gasteiger charge is -2.34. The van der Waals surface area contributed by atoms with Crippen LogP contribution in [0.4, 0.5) is 0 Å². The molecule has 0 N–H and O–H groups in total. The van der Waals surface area contributed by atoms with Crippen LogP contribution in [0.2, 0.25) is 0 Å². The van der Waals surface area contributed by atoms with Gasteiger partial charge < -0.3 is 4.74 Å². The van der Waals surface area contributed by atoms with Crippen molar-refractivity contribution >= 4 is 38.9 Å². The quantitative estimate of drug-likeness (QED) is 0.559. The van der Waals surface area contributed by atoms with Crippen LogP contribution in [-0.2, 0) is 9.53 Å². The third-order valence-electron chi connectivity index (χ3n) is 6.95. The van der Waals surface area contributed by atoms with Crippen molar-refractivity contribution in [1.29, 1.82) is 0 Å². The Morgan fingerprint density at radius 2 is 1.68 bits per heavy atom. The highest BCUT2D eigenvalue weighted by atomic mass is 16.5. The van der Waals surface area contributed by atoms with E-state index in [2.05, 4.69) is 0 Å². The molecule has 4 unspecified atom stereocenters. The second kappa shape index (κ2) is 5.15. The number of benzene rings is 3. The molecule has 2 bridgehead atoms. The van der Waals surface area contributed by atoms with Crippen molar-refractivity contribution in [1.82, 2.24) is 0 Å². The number of fused-ring (bicyclic) bond motifs is 10. The maximum atomic E-state index is 13.7. The van der Waals surface area contributed by atoms with Gasteiger partial charge in [0.1, 0.15) is 6.10 Å². The number of carbonyl (C=O) groups excluding carboxylic acids is 3. The first-order valence-electron chi connectivity index (χ1n) is 9.73. The summed E-state index contributed by atoms with van der Waals surface area (Å²) >= 11 is 0. The van der Waals surface area contributed by atoms with Crippen LogP contribution in [0.5, 0.6) is 0 Å². The predicted octanol–water partition coefficient (Wildman–Crippen LogP) is 4.12. The lowest BCUT2D eigenvalue weighted by molar-refractivity contribution is -0.145. The first-order valence-corrected chi connectivity index (χ1v) is 9.73. The normalized spacial score (nSPS) is 31.3. The standard InChI is InChI=1S/C24H18O4/c1-24-11-10-17(25)23(28-24)19-20(24)22(27)18-15-7-6-12-4-2-3-5-13(12)14(15)8-9-16(18)21(19)26/h2-9,19-20,23H,10-11H2,1H3. The summed E-state index contributed by atoms with van der Waals surface area (Å²) in [7, 11) is 0. The van der Waals surface area contributed by atoms with Gasteiger partial charge in [-0.25, -0.2) is 0 Å². The van der Waals surface area contributed by atoms with E-state index in [4.69, 9.17) is 4.74 Å². The maximum absolute atomic E-state index is 13.7. The van der Waals surface area contributed by atoms with Crippen LogP contribution < -0.4 is 0 Å². The zero-order valence-corrected chi connectivity index (χ0v) is 15.4. The Bertz CT molecular complexity index is 1240. The molecule has 1 aliphatic carbocycles. The predicted molar refractivity (Wildman–Crippen MR) is 105 cm³/mol. The average Bonchev–Trinajstić information content (AvgIpc) is 2.98. The minimum Gasteiger partial charge on any atom is -0.363 e. The fourth-order valence-electron chi connectivity index (χ4n) is 5.61. The second-order valence-corrected chi connectivity index (χ2v) is 8.42. The first-order chi connectivity index (χ1) is 13.5. The van der Waals surface area contributed by atoms with E-state index in [-0.39, 0.29) is 17.3 Å². The zero-order chi connectivity index (χ0) is 19.2. The number of ether oxygens (including phenoxy) is 1. The van der Waals surface area contributed by atoms with Crippen molar-refractivity contribution in [3.63, 3.8) is 0 Å². The van der Waals surface area contributed by atoms with Crippen LogP contribution in [0.3, 0.4) is 0 Å². The van der Waals surface area contributed by atoms with E-state index in [1.807, 2.05) is 49.4 Å². The summed E-state index contributed by atoms with van der Waals surface area (Å²) in [5.41, 5.74) is 0.188. The molecule has 3 aliphatic rings. The van der Waals surface area contributed by atoms with Gasteiger partial charge >= 0.3 is 0 Å². The molecular weight excluding hydrogens is 352 g/mol. The van der Waals surface area contributed by atoms with Gasteiger partial charge in [0, 0.05) is 17.5 Å². The van der Waals surface area contributed by atoms with Crippen molar-refractivity contribution in [2.45, 2.75) is 31.5 Å². The van der Waals surface area contributed by atoms with Gasteiger partial charge in [-0.3, -0.25) is 14.4 Å². The van der Waals surface area contributed by atoms with Crippen LogP contribution in [-0.4, -0.2) is 29.1 Å². The van der Waals surface area contributed by atoms with Crippen molar-refractivity contribution in [3.8, 4) is 0 Å². The van der Waals surface area contributed by atoms with Gasteiger partial charge in [-0.15, -0.1) is 0 Å². The topological polar surface area (TPSA) is 60.4 Å². The Morgan fingerprint density at radius 3 is 2.54 bits per heavy atom. The van der Waals surface area contributed by atoms with Crippen molar-refractivity contribution in [2.24, 2.45) is 11.8 Å². The molecule has 0 saturated carbocycles. The third kappa shape index (κ3) is 1.81. The molecular formula is C24H18O4. The fourth-order valence-corrected chi connectivity index (χ4v) is 5.61. The van der Waals surface area contributed by atoms with E-state index in [0.29, 0.717) is 24.0 Å². The summed E-state index contributed by atoms with van der Waals surface area (Å²) in [6.45, 7) is 1.88. The minimum absolute atomic E-state index is 0.0543. The second-order valence-electron chi connectivity index (χ2n) is 8.42. The summed E-state index contributed by atoms with van der Waals surface area (Å²) in [6, 6.07) is 15.7. The molecule has 3 aromatic carbocycles. The van der Waals surface area contributed by atoms with Crippen molar-refractivity contribution in [3.05, 3.63) is 59.7 Å². The highest BCUT2D eigenvalue weighted by molar-refractivity contribution is 6.26. The Hall–Kier alpha value is -2.85. The number of Topliss-reactive ketones (excluding diaryl/α,β-unsaturated/α-hetero) is 3. The summed E-state index contributed by atoms with van der Waals surface area (Å²) in [5.74, 6) is -1.50. The monoisotopic (exact) mass is 370 g/mol. The van der Waals surface area contributed by atoms with Gasteiger partial charge in [0.05, 0.1) is 17.4 Å². The summed E-state index contributed by atoms with van der Waals surface area (Å²) < 4.78 is 6.01. The highest BCUT2D eigenvalue weighted by Crippen LogP contribution is 2.53. The molecule has 2 aliphatic heterocycles. The lowest BCUT2D eigenvalue weighted by atomic mass is 9.67.